The molecular formula is C21H23NO6. The van der Waals surface area contributed by atoms with Crippen LogP contribution < -0.4 is 14.2 Å². The lowest BCUT2D eigenvalue weighted by Crippen LogP contribution is -2.41. The van der Waals surface area contributed by atoms with Gasteiger partial charge in [-0.3, -0.25) is 9.59 Å². The lowest BCUT2D eigenvalue weighted by molar-refractivity contribution is -0.138. The lowest BCUT2D eigenvalue weighted by atomic mass is 9.89. The summed E-state index contributed by atoms with van der Waals surface area (Å²) in [6, 6.07) is 9.89. The van der Waals surface area contributed by atoms with Crippen molar-refractivity contribution in [2.45, 2.75) is 18.9 Å². The van der Waals surface area contributed by atoms with Crippen molar-refractivity contribution in [2.75, 3.05) is 27.9 Å². The number of hydrogen-bond acceptors (Lipinski definition) is 5. The first-order chi connectivity index (χ1) is 13.5. The van der Waals surface area contributed by atoms with E-state index in [4.69, 9.17) is 14.2 Å². The summed E-state index contributed by atoms with van der Waals surface area (Å²) in [4.78, 5) is 26.3. The number of carboxylic acids is 1. The van der Waals surface area contributed by atoms with Crippen molar-refractivity contribution in [1.29, 1.82) is 0 Å². The molecule has 0 bridgehead atoms. The van der Waals surface area contributed by atoms with E-state index >= 15 is 0 Å². The fourth-order valence-corrected chi connectivity index (χ4v) is 3.58. The van der Waals surface area contributed by atoms with Crippen LogP contribution in [0.5, 0.6) is 17.2 Å². The summed E-state index contributed by atoms with van der Waals surface area (Å²) in [5.41, 5.74) is 2.18. The monoisotopic (exact) mass is 385 g/mol. The summed E-state index contributed by atoms with van der Waals surface area (Å²) in [6.45, 7) is 0.413. The molecular weight excluding hydrogens is 362 g/mol. The smallest absolute Gasteiger partial charge is 0.305 e. The van der Waals surface area contributed by atoms with E-state index in [2.05, 4.69) is 0 Å². The topological polar surface area (TPSA) is 85.3 Å². The summed E-state index contributed by atoms with van der Waals surface area (Å²) >= 11 is 0. The summed E-state index contributed by atoms with van der Waals surface area (Å²) in [7, 11) is 4.62. The number of ether oxygens (including phenoxy) is 3. The van der Waals surface area contributed by atoms with E-state index in [1.165, 1.54) is 14.2 Å². The number of methoxy groups -OCH3 is 3. The van der Waals surface area contributed by atoms with Gasteiger partial charge in [0.25, 0.3) is 5.91 Å². The maximum Gasteiger partial charge on any atom is 0.305 e. The second kappa shape index (κ2) is 8.21. The Labute approximate surface area is 163 Å². The van der Waals surface area contributed by atoms with Gasteiger partial charge in [0.2, 0.25) is 0 Å². The molecule has 2 aromatic rings. The summed E-state index contributed by atoms with van der Waals surface area (Å²) < 4.78 is 15.9. The average Bonchev–Trinajstić information content (AvgIpc) is 2.72. The summed E-state index contributed by atoms with van der Waals surface area (Å²) in [5, 5.41) is 9.46. The first-order valence-electron chi connectivity index (χ1n) is 8.90. The zero-order chi connectivity index (χ0) is 20.3. The number of nitrogens with zero attached hydrogens (tertiary/aromatic N) is 1. The van der Waals surface area contributed by atoms with Crippen molar-refractivity contribution in [3.8, 4) is 17.2 Å². The van der Waals surface area contributed by atoms with Crippen molar-refractivity contribution in [3.05, 3.63) is 53.1 Å². The quantitative estimate of drug-likeness (QED) is 0.823. The third-order valence-corrected chi connectivity index (χ3v) is 4.95. The van der Waals surface area contributed by atoms with Crippen LogP contribution in [0.1, 0.15) is 33.9 Å². The molecule has 1 unspecified atom stereocenters. The van der Waals surface area contributed by atoms with Gasteiger partial charge in [0.15, 0.2) is 11.5 Å². The molecule has 0 fully saturated rings. The highest BCUT2D eigenvalue weighted by atomic mass is 16.5. The van der Waals surface area contributed by atoms with Gasteiger partial charge in [0.1, 0.15) is 5.75 Å². The third-order valence-electron chi connectivity index (χ3n) is 4.95. The number of benzene rings is 2. The molecule has 0 aliphatic carbocycles. The number of carboxylic acid groups (broad SMARTS) is 1. The molecule has 3 rings (SSSR count). The van der Waals surface area contributed by atoms with E-state index in [0.717, 1.165) is 11.1 Å². The highest BCUT2D eigenvalue weighted by molar-refractivity contribution is 5.95. The summed E-state index contributed by atoms with van der Waals surface area (Å²) in [6.07, 6.45) is 0.402. The number of rotatable bonds is 6. The number of aliphatic carboxylic acids is 1. The molecule has 1 amide bonds. The van der Waals surface area contributed by atoms with Crippen LogP contribution in [0.25, 0.3) is 0 Å². The second-order valence-corrected chi connectivity index (χ2v) is 6.50. The molecule has 1 N–H and O–H groups in total. The molecule has 28 heavy (non-hydrogen) atoms. The van der Waals surface area contributed by atoms with Crippen LogP contribution in [0, 0.1) is 0 Å². The fraction of sp³-hybridized carbons (Fsp3) is 0.333. The Bertz CT molecular complexity index is 894. The van der Waals surface area contributed by atoms with Gasteiger partial charge in [-0.05, 0) is 47.9 Å². The van der Waals surface area contributed by atoms with Crippen molar-refractivity contribution >= 4 is 11.9 Å². The first-order valence-corrected chi connectivity index (χ1v) is 8.90. The van der Waals surface area contributed by atoms with Crippen LogP contribution in [-0.2, 0) is 11.2 Å². The predicted molar refractivity (Wildman–Crippen MR) is 102 cm³/mol. The molecule has 0 saturated heterocycles. The molecule has 0 aromatic heterocycles. The molecule has 148 valence electrons. The van der Waals surface area contributed by atoms with Gasteiger partial charge >= 0.3 is 5.97 Å². The average molecular weight is 385 g/mol. The number of amides is 1. The Kier molecular flexibility index (Phi) is 5.73. The highest BCUT2D eigenvalue weighted by Crippen LogP contribution is 2.40. The molecule has 0 spiro atoms. The maximum atomic E-state index is 13.2. The highest BCUT2D eigenvalue weighted by Gasteiger charge is 2.34. The molecule has 1 atom stereocenters. The summed E-state index contributed by atoms with van der Waals surface area (Å²) in [5.74, 6) is 0.460. The Balaban J connectivity index is 2.03. The van der Waals surface area contributed by atoms with Gasteiger partial charge in [-0.25, -0.2) is 0 Å². The minimum Gasteiger partial charge on any atom is -0.497 e. The molecule has 0 radical (unpaired) electrons. The third kappa shape index (κ3) is 3.74. The molecule has 1 aliphatic rings. The van der Waals surface area contributed by atoms with E-state index in [1.54, 1.807) is 42.3 Å². The van der Waals surface area contributed by atoms with E-state index < -0.39 is 12.0 Å². The van der Waals surface area contributed by atoms with Gasteiger partial charge in [0.05, 0.1) is 33.8 Å². The van der Waals surface area contributed by atoms with Crippen molar-refractivity contribution in [1.82, 2.24) is 4.90 Å². The largest absolute Gasteiger partial charge is 0.497 e. The maximum absolute atomic E-state index is 13.2. The van der Waals surface area contributed by atoms with Crippen LogP contribution in [0.4, 0.5) is 0 Å². The van der Waals surface area contributed by atoms with Crippen LogP contribution >= 0.6 is 0 Å². The molecule has 1 heterocycles. The van der Waals surface area contributed by atoms with Gasteiger partial charge < -0.3 is 24.2 Å². The number of fused-ring (bicyclic) bond motifs is 1. The number of hydrogen-bond donors (Lipinski definition) is 1. The molecule has 7 nitrogen and oxygen atoms in total. The molecule has 0 saturated carbocycles. The Morgan fingerprint density at radius 2 is 1.79 bits per heavy atom. The SMILES string of the molecule is COc1cccc(C(=O)N2CCc3cc(OC)c(OC)cc3C2CC(=O)O)c1. The van der Waals surface area contributed by atoms with Crippen molar-refractivity contribution in [2.24, 2.45) is 0 Å². The fourth-order valence-electron chi connectivity index (χ4n) is 3.58. The van der Waals surface area contributed by atoms with Crippen LogP contribution in [0.3, 0.4) is 0 Å². The minimum atomic E-state index is -0.976. The van der Waals surface area contributed by atoms with Gasteiger partial charge in [-0.2, -0.15) is 0 Å². The Hall–Kier alpha value is -3.22. The Morgan fingerprint density at radius 3 is 2.43 bits per heavy atom. The molecule has 7 heteroatoms. The van der Waals surface area contributed by atoms with E-state index in [-0.39, 0.29) is 12.3 Å². The zero-order valence-corrected chi connectivity index (χ0v) is 16.1. The second-order valence-electron chi connectivity index (χ2n) is 6.50. The van der Waals surface area contributed by atoms with E-state index in [1.807, 2.05) is 6.07 Å². The number of carbonyl (C=O) groups is 2. The zero-order valence-electron chi connectivity index (χ0n) is 16.1. The van der Waals surface area contributed by atoms with Gasteiger partial charge in [-0.15, -0.1) is 0 Å². The first kappa shape index (κ1) is 19.5. The standard InChI is InChI=1S/C21H23NO6/c1-26-15-6-4-5-14(9-15)21(25)22-8-7-13-10-18(27-2)19(28-3)11-16(13)17(22)12-20(23)24/h4-6,9-11,17H,7-8,12H2,1-3H3,(H,23,24). The molecule has 1 aliphatic heterocycles. The van der Waals surface area contributed by atoms with Crippen LogP contribution in [-0.4, -0.2) is 49.8 Å². The van der Waals surface area contributed by atoms with E-state index in [0.29, 0.717) is 35.8 Å². The predicted octanol–water partition coefficient (Wildman–Crippen LogP) is 2.93. The normalized spacial score (nSPS) is 15.5. The van der Waals surface area contributed by atoms with Crippen molar-refractivity contribution in [3.63, 3.8) is 0 Å². The van der Waals surface area contributed by atoms with Crippen molar-refractivity contribution < 1.29 is 28.9 Å². The Morgan fingerprint density at radius 1 is 1.07 bits per heavy atom. The minimum absolute atomic E-state index is 0.196. The molecule has 2 aromatic carbocycles. The van der Waals surface area contributed by atoms with Crippen LogP contribution in [0.15, 0.2) is 36.4 Å². The lowest BCUT2D eigenvalue weighted by Gasteiger charge is -2.37. The van der Waals surface area contributed by atoms with Gasteiger partial charge in [-0.1, -0.05) is 6.07 Å². The number of carbonyl (C=O) groups excluding carboxylic acids is 1. The van der Waals surface area contributed by atoms with E-state index in [9.17, 15) is 14.7 Å². The van der Waals surface area contributed by atoms with Crippen LogP contribution in [0.2, 0.25) is 0 Å². The van der Waals surface area contributed by atoms with Gasteiger partial charge in [0, 0.05) is 12.1 Å².